The second kappa shape index (κ2) is 8.87. The van der Waals surface area contributed by atoms with E-state index in [1.165, 1.54) is 0 Å². The van der Waals surface area contributed by atoms with Crippen LogP contribution in [0.3, 0.4) is 0 Å². The van der Waals surface area contributed by atoms with Crippen LogP contribution in [-0.4, -0.2) is 18.5 Å². The van der Waals surface area contributed by atoms with E-state index in [9.17, 15) is 9.59 Å². The topological polar surface area (TPSA) is 55.4 Å². The molecule has 0 aliphatic heterocycles. The molecular formula is C24H27NO3. The van der Waals surface area contributed by atoms with Gasteiger partial charge in [-0.25, -0.2) is 4.79 Å². The van der Waals surface area contributed by atoms with Crippen molar-refractivity contribution >= 4 is 17.6 Å². The number of ether oxygens (including phenoxy) is 1. The largest absolute Gasteiger partial charge is 0.463 e. The molecule has 28 heavy (non-hydrogen) atoms. The van der Waals surface area contributed by atoms with Crippen LogP contribution >= 0.6 is 0 Å². The van der Waals surface area contributed by atoms with Crippen molar-refractivity contribution in [3.05, 3.63) is 76.9 Å². The lowest BCUT2D eigenvalue weighted by Crippen LogP contribution is -2.34. The van der Waals surface area contributed by atoms with Crippen LogP contribution in [0.4, 0.5) is 0 Å². The number of hydrogen-bond acceptors (Lipinski definition) is 3. The van der Waals surface area contributed by atoms with E-state index in [1.54, 1.807) is 6.92 Å². The minimum Gasteiger partial charge on any atom is -0.463 e. The quantitative estimate of drug-likeness (QED) is 0.770. The van der Waals surface area contributed by atoms with Gasteiger partial charge in [-0.1, -0.05) is 68.4 Å². The first-order valence-corrected chi connectivity index (χ1v) is 9.84. The summed E-state index contributed by atoms with van der Waals surface area (Å²) < 4.78 is 5.36. The number of amides is 1. The summed E-state index contributed by atoms with van der Waals surface area (Å²) in [6, 6.07) is 17.5. The van der Waals surface area contributed by atoms with Gasteiger partial charge in [0.1, 0.15) is 0 Å². The molecule has 1 amide bonds. The molecule has 4 heteroatoms. The van der Waals surface area contributed by atoms with Crippen molar-refractivity contribution in [1.29, 1.82) is 0 Å². The van der Waals surface area contributed by atoms with Gasteiger partial charge in [-0.05, 0) is 36.3 Å². The number of carbonyl (C=O) groups is 2. The van der Waals surface area contributed by atoms with Crippen LogP contribution in [-0.2, 0) is 27.2 Å². The van der Waals surface area contributed by atoms with Gasteiger partial charge in [0.25, 0.3) is 0 Å². The summed E-state index contributed by atoms with van der Waals surface area (Å²) in [4.78, 5) is 25.6. The van der Waals surface area contributed by atoms with E-state index < -0.39 is 0 Å². The molecule has 0 saturated heterocycles. The smallest absolute Gasteiger partial charge is 0.336 e. The Morgan fingerprint density at radius 2 is 1.75 bits per heavy atom. The zero-order chi connectivity index (χ0) is 20.1. The summed E-state index contributed by atoms with van der Waals surface area (Å²) in [5.74, 6) is -0.234. The van der Waals surface area contributed by atoms with E-state index in [2.05, 4.69) is 25.2 Å². The van der Waals surface area contributed by atoms with Crippen molar-refractivity contribution < 1.29 is 14.3 Å². The number of benzene rings is 2. The maximum Gasteiger partial charge on any atom is 0.336 e. The summed E-state index contributed by atoms with van der Waals surface area (Å²) in [6.07, 6.45) is 1.02. The van der Waals surface area contributed by atoms with Crippen LogP contribution in [0.2, 0.25) is 0 Å². The van der Waals surface area contributed by atoms with Crippen molar-refractivity contribution in [3.63, 3.8) is 0 Å². The van der Waals surface area contributed by atoms with Gasteiger partial charge < -0.3 is 10.1 Å². The van der Waals surface area contributed by atoms with Gasteiger partial charge in [0.15, 0.2) is 0 Å². The molecular weight excluding hydrogens is 350 g/mol. The highest BCUT2D eigenvalue weighted by Gasteiger charge is 2.34. The van der Waals surface area contributed by atoms with Crippen molar-refractivity contribution in [3.8, 4) is 0 Å². The van der Waals surface area contributed by atoms with E-state index in [-0.39, 0.29) is 30.1 Å². The second-order valence-electron chi connectivity index (χ2n) is 7.43. The third-order valence-corrected chi connectivity index (χ3v) is 5.14. The highest BCUT2D eigenvalue weighted by molar-refractivity contribution is 6.02. The Bertz CT molecular complexity index is 884. The molecule has 0 spiro atoms. The monoisotopic (exact) mass is 377 g/mol. The van der Waals surface area contributed by atoms with Crippen LogP contribution in [0.25, 0.3) is 5.70 Å². The first-order chi connectivity index (χ1) is 13.5. The molecule has 1 N–H and O–H groups in total. The first kappa shape index (κ1) is 19.9. The average molecular weight is 377 g/mol. The number of esters is 1. The van der Waals surface area contributed by atoms with E-state index in [0.29, 0.717) is 17.9 Å². The fraction of sp³-hybridized carbons (Fsp3) is 0.333. The molecule has 1 aliphatic carbocycles. The average Bonchev–Trinajstić information content (AvgIpc) is 2.68. The molecule has 1 aliphatic rings. The molecule has 0 fully saturated rings. The maximum atomic E-state index is 12.8. The van der Waals surface area contributed by atoms with Crippen molar-refractivity contribution in [2.45, 2.75) is 33.6 Å². The highest BCUT2D eigenvalue weighted by atomic mass is 16.5. The molecule has 2 aromatic carbocycles. The molecule has 3 rings (SSSR count). The lowest BCUT2D eigenvalue weighted by atomic mass is 9.75. The van der Waals surface area contributed by atoms with Gasteiger partial charge in [0.05, 0.1) is 24.3 Å². The van der Waals surface area contributed by atoms with Crippen molar-refractivity contribution in [1.82, 2.24) is 5.32 Å². The minimum atomic E-state index is -0.342. The van der Waals surface area contributed by atoms with Crippen LogP contribution < -0.4 is 5.32 Å². The second-order valence-corrected chi connectivity index (χ2v) is 7.43. The molecule has 0 saturated carbocycles. The number of fused-ring (bicyclic) bond motifs is 1. The van der Waals surface area contributed by atoms with Gasteiger partial charge in [-0.3, -0.25) is 4.79 Å². The predicted molar refractivity (Wildman–Crippen MR) is 110 cm³/mol. The summed E-state index contributed by atoms with van der Waals surface area (Å²) in [7, 11) is 0. The van der Waals surface area contributed by atoms with Crippen LogP contribution in [0.5, 0.6) is 0 Å². The molecule has 2 aromatic rings. The normalized spacial score (nSPS) is 15.9. The van der Waals surface area contributed by atoms with Crippen LogP contribution in [0.15, 0.2) is 60.2 Å². The third kappa shape index (κ3) is 4.33. The Morgan fingerprint density at radius 1 is 1.07 bits per heavy atom. The molecule has 0 aromatic heterocycles. The van der Waals surface area contributed by atoms with Crippen molar-refractivity contribution in [2.75, 3.05) is 6.61 Å². The van der Waals surface area contributed by atoms with E-state index >= 15 is 0 Å². The molecule has 4 nitrogen and oxygen atoms in total. The fourth-order valence-electron chi connectivity index (χ4n) is 3.74. The zero-order valence-corrected chi connectivity index (χ0v) is 16.7. The maximum absolute atomic E-state index is 12.8. The Labute approximate surface area is 166 Å². The molecule has 0 bridgehead atoms. The standard InChI is InChI=1S/C24H27NO3/c1-4-28-24(27)22-20(16(2)3)15-18-12-8-9-13-19(18)23(22)25-21(26)14-17-10-6-5-7-11-17/h5-13,16,20H,4,14-15H2,1-3H3,(H,25,26)/t20-/m0/s1. The van der Waals surface area contributed by atoms with E-state index in [1.807, 2.05) is 48.5 Å². The van der Waals surface area contributed by atoms with Gasteiger partial charge in [-0.15, -0.1) is 0 Å². The first-order valence-electron chi connectivity index (χ1n) is 9.84. The summed E-state index contributed by atoms with van der Waals surface area (Å²) >= 11 is 0. The molecule has 0 heterocycles. The molecule has 1 atom stereocenters. The highest BCUT2D eigenvalue weighted by Crippen LogP contribution is 2.38. The lowest BCUT2D eigenvalue weighted by molar-refractivity contribution is -0.139. The molecule has 146 valence electrons. The predicted octanol–water partition coefficient (Wildman–Crippen LogP) is 4.15. The Hall–Kier alpha value is -2.88. The number of nitrogens with one attached hydrogen (secondary N) is 1. The van der Waals surface area contributed by atoms with Gasteiger partial charge in [0, 0.05) is 5.56 Å². The fourth-order valence-corrected chi connectivity index (χ4v) is 3.74. The summed E-state index contributed by atoms with van der Waals surface area (Å²) in [5, 5.41) is 3.04. The Morgan fingerprint density at radius 3 is 2.43 bits per heavy atom. The zero-order valence-electron chi connectivity index (χ0n) is 16.7. The van der Waals surface area contributed by atoms with Crippen molar-refractivity contribution in [2.24, 2.45) is 11.8 Å². The number of hydrogen-bond donors (Lipinski definition) is 1. The SMILES string of the molecule is CCOC(=O)C1=C(NC(=O)Cc2ccccc2)c2ccccc2C[C@H]1C(C)C. The lowest BCUT2D eigenvalue weighted by Gasteiger charge is -2.32. The Balaban J connectivity index is 2.02. The number of rotatable bonds is 6. The molecule has 0 unspecified atom stereocenters. The van der Waals surface area contributed by atoms with Crippen LogP contribution in [0.1, 0.15) is 37.5 Å². The van der Waals surface area contributed by atoms with Gasteiger partial charge in [0.2, 0.25) is 5.91 Å². The summed E-state index contributed by atoms with van der Waals surface area (Å²) in [5.41, 5.74) is 4.16. The Kier molecular flexibility index (Phi) is 6.30. The third-order valence-electron chi connectivity index (χ3n) is 5.14. The minimum absolute atomic E-state index is 0.000903. The van der Waals surface area contributed by atoms with Gasteiger partial charge in [-0.2, -0.15) is 0 Å². The summed E-state index contributed by atoms with van der Waals surface area (Å²) in [6.45, 7) is 6.30. The molecule has 0 radical (unpaired) electrons. The van der Waals surface area contributed by atoms with Crippen LogP contribution in [0, 0.1) is 11.8 Å². The van der Waals surface area contributed by atoms with E-state index in [0.717, 1.165) is 23.1 Å². The van der Waals surface area contributed by atoms with E-state index in [4.69, 9.17) is 4.74 Å². The van der Waals surface area contributed by atoms with Gasteiger partial charge >= 0.3 is 5.97 Å². The number of carbonyl (C=O) groups excluding carboxylic acids is 2.